The average Bonchev–Trinajstić information content (AvgIpc) is 3.10. The van der Waals surface area contributed by atoms with Crippen molar-refractivity contribution in [3.05, 3.63) is 47.9 Å². The topological polar surface area (TPSA) is 70.4 Å². The molecular formula is C22H32N4O2. The van der Waals surface area contributed by atoms with E-state index in [1.807, 2.05) is 39.1 Å². The maximum atomic E-state index is 12.2. The van der Waals surface area contributed by atoms with Crippen LogP contribution in [-0.2, 0) is 17.8 Å². The zero-order valence-electron chi connectivity index (χ0n) is 17.1. The van der Waals surface area contributed by atoms with Crippen molar-refractivity contribution >= 4 is 11.6 Å². The van der Waals surface area contributed by atoms with Gasteiger partial charge in [0.1, 0.15) is 0 Å². The van der Waals surface area contributed by atoms with Crippen LogP contribution in [-0.4, -0.2) is 37.2 Å². The minimum Gasteiger partial charge on any atom is -0.367 e. The van der Waals surface area contributed by atoms with Gasteiger partial charge in [0.05, 0.1) is 12.2 Å². The Kier molecular flexibility index (Phi) is 7.09. The van der Waals surface area contributed by atoms with Crippen molar-refractivity contribution in [2.45, 2.75) is 45.7 Å². The summed E-state index contributed by atoms with van der Waals surface area (Å²) < 4.78 is 5.58. The summed E-state index contributed by atoms with van der Waals surface area (Å²) in [6.45, 7) is 6.58. The van der Waals surface area contributed by atoms with E-state index in [0.717, 1.165) is 43.1 Å². The fourth-order valence-corrected chi connectivity index (χ4v) is 3.91. The van der Waals surface area contributed by atoms with Crippen molar-refractivity contribution in [1.29, 1.82) is 0 Å². The third-order valence-corrected chi connectivity index (χ3v) is 5.33. The van der Waals surface area contributed by atoms with Gasteiger partial charge in [-0.15, -0.1) is 0 Å². The van der Waals surface area contributed by atoms with Gasteiger partial charge >= 0.3 is 0 Å². The Bertz CT molecular complexity index is 744. The first-order valence-corrected chi connectivity index (χ1v) is 10.2. The summed E-state index contributed by atoms with van der Waals surface area (Å²) in [4.78, 5) is 14.4. The van der Waals surface area contributed by atoms with E-state index in [0.29, 0.717) is 24.8 Å². The molecule has 1 aromatic carbocycles. The molecule has 2 N–H and O–H groups in total. The van der Waals surface area contributed by atoms with E-state index in [4.69, 9.17) is 4.52 Å². The van der Waals surface area contributed by atoms with Crippen molar-refractivity contribution in [3.63, 3.8) is 0 Å². The lowest BCUT2D eigenvalue weighted by Crippen LogP contribution is -2.41. The van der Waals surface area contributed by atoms with Crippen LogP contribution in [0, 0.1) is 11.8 Å². The third-order valence-electron chi connectivity index (χ3n) is 5.33. The van der Waals surface area contributed by atoms with Gasteiger partial charge in [-0.2, -0.15) is 0 Å². The zero-order valence-corrected chi connectivity index (χ0v) is 17.1. The molecule has 2 aromatic rings. The van der Waals surface area contributed by atoms with E-state index in [-0.39, 0.29) is 11.9 Å². The largest absolute Gasteiger partial charge is 0.367 e. The molecule has 0 aliphatic carbocycles. The smallest absolute Gasteiger partial charge is 0.220 e. The lowest BCUT2D eigenvalue weighted by molar-refractivity contribution is -0.123. The molecule has 6 nitrogen and oxygen atoms in total. The van der Waals surface area contributed by atoms with Gasteiger partial charge in [0, 0.05) is 31.3 Å². The first-order chi connectivity index (χ1) is 13.5. The first kappa shape index (κ1) is 20.4. The van der Waals surface area contributed by atoms with Crippen molar-refractivity contribution in [2.24, 2.45) is 11.8 Å². The maximum absolute atomic E-state index is 12.2. The fraction of sp³-hybridized carbons (Fsp3) is 0.545. The quantitative estimate of drug-likeness (QED) is 0.732. The van der Waals surface area contributed by atoms with Crippen LogP contribution in [0.15, 0.2) is 40.9 Å². The number of nitrogens with one attached hydrogen (secondary N) is 2. The summed E-state index contributed by atoms with van der Waals surface area (Å²) in [5.74, 6) is 1.79. The van der Waals surface area contributed by atoms with E-state index in [1.165, 1.54) is 0 Å². The molecule has 1 aromatic heterocycles. The van der Waals surface area contributed by atoms with Crippen LogP contribution >= 0.6 is 0 Å². The maximum Gasteiger partial charge on any atom is 0.220 e. The highest BCUT2D eigenvalue weighted by Gasteiger charge is 2.28. The van der Waals surface area contributed by atoms with Gasteiger partial charge in [-0.3, -0.25) is 4.79 Å². The van der Waals surface area contributed by atoms with Crippen LogP contribution < -0.4 is 15.5 Å². The number of rotatable bonds is 8. The van der Waals surface area contributed by atoms with Gasteiger partial charge in [0.2, 0.25) is 5.91 Å². The van der Waals surface area contributed by atoms with Crippen molar-refractivity contribution in [1.82, 2.24) is 15.8 Å². The summed E-state index contributed by atoms with van der Waals surface area (Å²) in [6, 6.07) is 12.5. The molecule has 0 bridgehead atoms. The Morgan fingerprint density at radius 1 is 1.32 bits per heavy atom. The van der Waals surface area contributed by atoms with Gasteiger partial charge in [-0.25, -0.2) is 0 Å². The van der Waals surface area contributed by atoms with Gasteiger partial charge in [0.15, 0.2) is 5.76 Å². The molecule has 28 heavy (non-hydrogen) atoms. The molecule has 2 unspecified atom stereocenters. The van der Waals surface area contributed by atoms with Crippen LogP contribution in [0.3, 0.4) is 0 Å². The number of amides is 1. The van der Waals surface area contributed by atoms with E-state index >= 15 is 0 Å². The number of hydrogen-bond donors (Lipinski definition) is 2. The summed E-state index contributed by atoms with van der Waals surface area (Å²) >= 11 is 0. The molecule has 3 rings (SSSR count). The number of piperidine rings is 1. The molecule has 0 radical (unpaired) electrons. The molecule has 1 amide bonds. The average molecular weight is 385 g/mol. The Hall–Kier alpha value is -2.34. The molecule has 2 atom stereocenters. The number of benzene rings is 1. The van der Waals surface area contributed by atoms with Crippen LogP contribution in [0.1, 0.15) is 38.1 Å². The summed E-state index contributed by atoms with van der Waals surface area (Å²) in [5, 5.41) is 10.8. The van der Waals surface area contributed by atoms with E-state index in [1.54, 1.807) is 0 Å². The normalized spacial score (nSPS) is 19.6. The second-order valence-electron chi connectivity index (χ2n) is 8.12. The van der Waals surface area contributed by atoms with E-state index in [2.05, 4.69) is 38.9 Å². The van der Waals surface area contributed by atoms with Crippen molar-refractivity contribution in [2.75, 3.05) is 25.0 Å². The highest BCUT2D eigenvalue weighted by atomic mass is 16.5. The summed E-state index contributed by atoms with van der Waals surface area (Å²) in [7, 11) is 2.05. The molecule has 1 fully saturated rings. The summed E-state index contributed by atoms with van der Waals surface area (Å²) in [5.41, 5.74) is 2.12. The SMILES string of the molecule is CC(C)NC(=O)CC1CCNCC1Cc1cc(CN(C)c2ccccc2)on1. The van der Waals surface area contributed by atoms with Crippen molar-refractivity contribution in [3.8, 4) is 0 Å². The standard InChI is InChI=1S/C22H32N4O2/c1-16(2)24-22(27)12-17-9-10-23-14-18(17)11-19-13-21(28-25-19)15-26(3)20-7-5-4-6-8-20/h4-8,13,16-18,23H,9-12,14-15H2,1-3H3,(H,24,27). The molecule has 1 saturated heterocycles. The Balaban J connectivity index is 1.57. The fourth-order valence-electron chi connectivity index (χ4n) is 3.91. The van der Waals surface area contributed by atoms with Crippen molar-refractivity contribution < 1.29 is 9.32 Å². The highest BCUT2D eigenvalue weighted by Crippen LogP contribution is 2.26. The number of hydrogen-bond acceptors (Lipinski definition) is 5. The molecule has 0 spiro atoms. The second kappa shape index (κ2) is 9.73. The third kappa shape index (κ3) is 5.83. The number of carbonyl (C=O) groups excluding carboxylic acids is 1. The van der Waals surface area contributed by atoms with E-state index in [9.17, 15) is 4.79 Å². The van der Waals surface area contributed by atoms with Gasteiger partial charge < -0.3 is 20.1 Å². The minimum absolute atomic E-state index is 0.150. The predicted molar refractivity (Wildman–Crippen MR) is 111 cm³/mol. The van der Waals surface area contributed by atoms with E-state index < -0.39 is 0 Å². The van der Waals surface area contributed by atoms with Gasteiger partial charge in [0.25, 0.3) is 0 Å². The molecule has 2 heterocycles. The molecule has 152 valence electrons. The predicted octanol–water partition coefficient (Wildman–Crippen LogP) is 2.99. The van der Waals surface area contributed by atoms with Crippen LogP contribution in [0.4, 0.5) is 5.69 Å². The second-order valence-corrected chi connectivity index (χ2v) is 8.12. The highest BCUT2D eigenvalue weighted by molar-refractivity contribution is 5.76. The lowest BCUT2D eigenvalue weighted by Gasteiger charge is -2.31. The van der Waals surface area contributed by atoms with Crippen LogP contribution in [0.5, 0.6) is 0 Å². The summed E-state index contributed by atoms with van der Waals surface area (Å²) in [6.07, 6.45) is 2.45. The number of para-hydroxylation sites is 1. The molecular weight excluding hydrogens is 352 g/mol. The number of nitrogens with zero attached hydrogens (tertiary/aromatic N) is 2. The molecule has 6 heteroatoms. The first-order valence-electron chi connectivity index (χ1n) is 10.2. The Labute approximate surface area is 167 Å². The van der Waals surface area contributed by atoms with Crippen LogP contribution in [0.25, 0.3) is 0 Å². The lowest BCUT2D eigenvalue weighted by atomic mass is 9.81. The zero-order chi connectivity index (χ0) is 19.9. The Morgan fingerprint density at radius 2 is 2.11 bits per heavy atom. The molecule has 1 aliphatic heterocycles. The monoisotopic (exact) mass is 384 g/mol. The minimum atomic E-state index is 0.150. The number of anilines is 1. The van der Waals surface area contributed by atoms with Crippen LogP contribution in [0.2, 0.25) is 0 Å². The number of aromatic nitrogens is 1. The molecule has 0 saturated carbocycles. The number of carbonyl (C=O) groups is 1. The van der Waals surface area contributed by atoms with Gasteiger partial charge in [-0.1, -0.05) is 23.4 Å². The molecule has 1 aliphatic rings. The van der Waals surface area contributed by atoms with Gasteiger partial charge in [-0.05, 0) is 63.7 Å². The Morgan fingerprint density at radius 3 is 2.86 bits per heavy atom.